The third kappa shape index (κ3) is 6.38. The van der Waals surface area contributed by atoms with E-state index in [1.165, 1.54) is 0 Å². The zero-order valence-corrected chi connectivity index (χ0v) is 19.7. The highest BCUT2D eigenvalue weighted by Crippen LogP contribution is 2.32. The monoisotopic (exact) mass is 545 g/mol. The van der Waals surface area contributed by atoms with Gasteiger partial charge in [-0.05, 0) is 0 Å². The van der Waals surface area contributed by atoms with Crippen molar-refractivity contribution in [3.8, 4) is 0 Å². The van der Waals surface area contributed by atoms with E-state index in [0.29, 0.717) is 0 Å². The Balaban J connectivity index is 1.77. The maximum absolute atomic E-state index is 11.6. The molecule has 0 unspecified atom stereocenters. The van der Waals surface area contributed by atoms with Crippen molar-refractivity contribution in [1.29, 1.82) is 0 Å². The number of aliphatic hydroxyl groups is 10. The molecule has 0 aromatic rings. The summed E-state index contributed by atoms with van der Waals surface area (Å²) in [5.74, 6) is -0.637. The smallest absolute Gasteiger partial charge is 0.217 e. The molecule has 3 heterocycles. The van der Waals surface area contributed by atoms with Crippen molar-refractivity contribution < 1.29 is 79.5 Å². The lowest BCUT2D eigenvalue weighted by Gasteiger charge is -2.48. The van der Waals surface area contributed by atoms with Gasteiger partial charge in [0.15, 0.2) is 18.9 Å². The van der Waals surface area contributed by atoms with Gasteiger partial charge in [-0.2, -0.15) is 0 Å². The van der Waals surface area contributed by atoms with E-state index >= 15 is 0 Å². The molecule has 3 aliphatic heterocycles. The van der Waals surface area contributed by atoms with Gasteiger partial charge in [0.2, 0.25) is 5.91 Å². The summed E-state index contributed by atoms with van der Waals surface area (Å²) < 4.78 is 27.0. The van der Waals surface area contributed by atoms with Gasteiger partial charge < -0.3 is 80.1 Å². The molecule has 0 radical (unpaired) electrons. The van der Waals surface area contributed by atoms with E-state index in [0.717, 1.165) is 6.92 Å². The molecule has 17 nitrogen and oxygen atoms in total. The molecule has 11 N–H and O–H groups in total. The van der Waals surface area contributed by atoms with Gasteiger partial charge in [0, 0.05) is 6.92 Å². The molecule has 0 aliphatic carbocycles. The van der Waals surface area contributed by atoms with Crippen LogP contribution >= 0.6 is 0 Å². The molecule has 3 fully saturated rings. The van der Waals surface area contributed by atoms with Crippen LogP contribution in [0.5, 0.6) is 0 Å². The van der Waals surface area contributed by atoms with Gasteiger partial charge in [-0.1, -0.05) is 0 Å². The maximum atomic E-state index is 11.6. The molecule has 1 amide bonds. The highest BCUT2D eigenvalue weighted by Gasteiger charge is 2.53. The van der Waals surface area contributed by atoms with Gasteiger partial charge in [-0.25, -0.2) is 0 Å². The van der Waals surface area contributed by atoms with Gasteiger partial charge in [-0.15, -0.1) is 0 Å². The number of ether oxygens (including phenoxy) is 5. The normalized spacial score (nSPS) is 49.0. The fourth-order valence-electron chi connectivity index (χ4n) is 4.46. The van der Waals surface area contributed by atoms with Gasteiger partial charge in [0.1, 0.15) is 73.2 Å². The average Bonchev–Trinajstić information content (AvgIpc) is 2.87. The van der Waals surface area contributed by atoms with E-state index in [4.69, 9.17) is 23.7 Å². The van der Waals surface area contributed by atoms with Crippen LogP contribution in [0.4, 0.5) is 0 Å². The Morgan fingerprint density at radius 2 is 1.14 bits per heavy atom. The lowest BCUT2D eigenvalue weighted by molar-refractivity contribution is -0.372. The minimum atomic E-state index is -1.92. The quantitative estimate of drug-likeness (QED) is 0.135. The minimum Gasteiger partial charge on any atom is -0.394 e. The predicted octanol–water partition coefficient (Wildman–Crippen LogP) is -7.43. The average molecular weight is 545 g/mol. The van der Waals surface area contributed by atoms with E-state index in [-0.39, 0.29) is 0 Å². The predicted molar refractivity (Wildman–Crippen MR) is 113 cm³/mol. The summed E-state index contributed by atoms with van der Waals surface area (Å²) >= 11 is 0. The molecule has 17 heteroatoms. The van der Waals surface area contributed by atoms with Crippen LogP contribution in [0.15, 0.2) is 0 Å². The number of aliphatic hydroxyl groups excluding tert-OH is 10. The summed E-state index contributed by atoms with van der Waals surface area (Å²) in [5.41, 5.74) is 0. The number of hydrogen-bond acceptors (Lipinski definition) is 16. The number of rotatable bonds is 8. The first-order valence-electron chi connectivity index (χ1n) is 11.6. The molecule has 0 aromatic carbocycles. The fourth-order valence-corrected chi connectivity index (χ4v) is 4.46. The summed E-state index contributed by atoms with van der Waals surface area (Å²) in [4.78, 5) is 11.6. The topological polar surface area (TPSA) is 278 Å². The molecule has 15 atom stereocenters. The number of hydrogen-bond donors (Lipinski definition) is 11. The Bertz CT molecular complexity index is 743. The molecule has 0 saturated carbocycles. The van der Waals surface area contributed by atoms with Crippen LogP contribution in [0.25, 0.3) is 0 Å². The first-order chi connectivity index (χ1) is 17.4. The van der Waals surface area contributed by atoms with Gasteiger partial charge in [-0.3, -0.25) is 4.79 Å². The molecule has 3 rings (SSSR count). The Morgan fingerprint density at radius 1 is 0.649 bits per heavy atom. The summed E-state index contributed by atoms with van der Waals surface area (Å²) in [6, 6.07) is -1.39. The van der Waals surface area contributed by atoms with E-state index in [9.17, 15) is 55.9 Å². The molecule has 3 aliphatic rings. The molecule has 37 heavy (non-hydrogen) atoms. The summed E-state index contributed by atoms with van der Waals surface area (Å²) in [6.45, 7) is -1.21. The first-order valence-corrected chi connectivity index (χ1v) is 11.6. The fraction of sp³-hybridized carbons (Fsp3) is 0.950. The zero-order valence-electron chi connectivity index (χ0n) is 19.7. The van der Waals surface area contributed by atoms with Gasteiger partial charge in [0.05, 0.1) is 19.8 Å². The van der Waals surface area contributed by atoms with Crippen molar-refractivity contribution in [3.63, 3.8) is 0 Å². The Hall–Kier alpha value is -1.13. The van der Waals surface area contributed by atoms with Crippen molar-refractivity contribution in [2.75, 3.05) is 19.8 Å². The Kier molecular flexibility index (Phi) is 10.5. The minimum absolute atomic E-state index is 0.637. The molecular weight excluding hydrogens is 510 g/mol. The summed E-state index contributed by atoms with van der Waals surface area (Å²) in [6.07, 6.45) is -23.1. The third-order valence-electron chi connectivity index (χ3n) is 6.49. The first kappa shape index (κ1) is 30.4. The zero-order chi connectivity index (χ0) is 27.6. The van der Waals surface area contributed by atoms with Crippen LogP contribution in [0.3, 0.4) is 0 Å². The van der Waals surface area contributed by atoms with Crippen LogP contribution in [-0.4, -0.2) is 169 Å². The van der Waals surface area contributed by atoms with Crippen molar-refractivity contribution in [1.82, 2.24) is 5.32 Å². The van der Waals surface area contributed by atoms with Gasteiger partial charge in [0.25, 0.3) is 0 Å². The van der Waals surface area contributed by atoms with E-state index in [2.05, 4.69) is 5.32 Å². The van der Waals surface area contributed by atoms with Crippen molar-refractivity contribution in [2.45, 2.75) is 99.0 Å². The Morgan fingerprint density at radius 3 is 1.68 bits per heavy atom. The van der Waals surface area contributed by atoms with Crippen molar-refractivity contribution >= 4 is 5.91 Å². The lowest BCUT2D eigenvalue weighted by atomic mass is 9.95. The molecule has 0 bridgehead atoms. The highest BCUT2D eigenvalue weighted by atomic mass is 16.7. The van der Waals surface area contributed by atoms with E-state index in [1.54, 1.807) is 0 Å². The molecule has 0 aromatic heterocycles. The number of amides is 1. The molecule has 3 saturated heterocycles. The van der Waals surface area contributed by atoms with Crippen LogP contribution in [0, 0.1) is 0 Å². The molecule has 216 valence electrons. The Labute approximate surface area is 210 Å². The maximum Gasteiger partial charge on any atom is 0.217 e. The number of nitrogens with one attached hydrogen (secondary N) is 1. The third-order valence-corrected chi connectivity index (χ3v) is 6.49. The standard InChI is InChI=1S/C20H35NO16/c1-5(25)21-9-11(27)10(26)6(2-22)34-19(9)36-17-8(4-24)35-20(15(31)13(17)29)37-16-7(3-23)33-18(32)14(30)12(16)28/h6-20,22-24,26-32H,2-4H2,1H3,(H,21,25)/t6-,7-,8-,9+,10-,11-,12-,13-,14-,15-,16-,17-,18-,19+,20+/m1/s1. The van der Waals surface area contributed by atoms with Gasteiger partial charge >= 0.3 is 0 Å². The SMILES string of the molecule is CC(=O)N[C@@H]1[C@H](O[C@H]2[C@H](O)[C@@H](O)[C@H](O[C@H]3[C@H](O)[C@@H](O)[C@H](O)O[C@@H]3CO)O[C@@H]2CO)O[C@H](CO)[C@@H](O)[C@@H]1O. The summed E-state index contributed by atoms with van der Waals surface area (Å²) in [7, 11) is 0. The van der Waals surface area contributed by atoms with Crippen molar-refractivity contribution in [3.05, 3.63) is 0 Å². The van der Waals surface area contributed by atoms with Crippen LogP contribution < -0.4 is 5.32 Å². The largest absolute Gasteiger partial charge is 0.394 e. The summed E-state index contributed by atoms with van der Waals surface area (Å²) in [5, 5.41) is 103. The second-order valence-corrected chi connectivity index (χ2v) is 9.07. The second-order valence-electron chi connectivity index (χ2n) is 9.07. The van der Waals surface area contributed by atoms with Crippen molar-refractivity contribution in [2.24, 2.45) is 0 Å². The molecule has 0 spiro atoms. The van der Waals surface area contributed by atoms with Crippen LogP contribution in [-0.2, 0) is 28.5 Å². The lowest BCUT2D eigenvalue weighted by Crippen LogP contribution is -2.68. The van der Waals surface area contributed by atoms with Crippen LogP contribution in [0.1, 0.15) is 6.92 Å². The highest BCUT2D eigenvalue weighted by molar-refractivity contribution is 5.73. The van der Waals surface area contributed by atoms with E-state index < -0.39 is 118 Å². The number of carbonyl (C=O) groups excluding carboxylic acids is 1. The molecular formula is C20H35NO16. The van der Waals surface area contributed by atoms with Crippen LogP contribution in [0.2, 0.25) is 0 Å². The second kappa shape index (κ2) is 12.8. The number of carbonyl (C=O) groups is 1. The van der Waals surface area contributed by atoms with E-state index in [1.807, 2.05) is 0 Å².